The highest BCUT2D eigenvalue weighted by Gasteiger charge is 2.12. The van der Waals surface area contributed by atoms with Gasteiger partial charge in [0.2, 0.25) is 0 Å². The molecule has 30 heavy (non-hydrogen) atoms. The van der Waals surface area contributed by atoms with Crippen LogP contribution in [0.3, 0.4) is 0 Å². The molecule has 0 bridgehead atoms. The van der Waals surface area contributed by atoms with E-state index >= 15 is 0 Å². The van der Waals surface area contributed by atoms with Crippen molar-refractivity contribution in [3.63, 3.8) is 0 Å². The Hall–Kier alpha value is -4.03. The predicted octanol–water partition coefficient (Wildman–Crippen LogP) is 4.54. The van der Waals surface area contributed by atoms with Gasteiger partial charge in [0.25, 0.3) is 0 Å². The van der Waals surface area contributed by atoms with Crippen molar-refractivity contribution in [1.82, 2.24) is 0 Å². The molecule has 0 spiro atoms. The van der Waals surface area contributed by atoms with Gasteiger partial charge in [0, 0.05) is 12.5 Å². The van der Waals surface area contributed by atoms with E-state index in [1.165, 1.54) is 0 Å². The van der Waals surface area contributed by atoms with Crippen molar-refractivity contribution in [1.29, 1.82) is 10.5 Å². The summed E-state index contributed by atoms with van der Waals surface area (Å²) >= 11 is 0. The molecule has 0 aliphatic rings. The average molecular weight is 402 g/mol. The van der Waals surface area contributed by atoms with E-state index in [1.54, 1.807) is 48.5 Å². The van der Waals surface area contributed by atoms with Crippen LogP contribution in [0.15, 0.2) is 61.2 Å². The van der Waals surface area contributed by atoms with Crippen LogP contribution in [0.4, 0.5) is 0 Å². The van der Waals surface area contributed by atoms with E-state index in [0.717, 1.165) is 6.08 Å². The quantitative estimate of drug-likeness (QED) is 0.190. The van der Waals surface area contributed by atoms with Crippen LogP contribution in [0.25, 0.3) is 11.1 Å². The fourth-order valence-corrected chi connectivity index (χ4v) is 2.61. The first-order valence-electron chi connectivity index (χ1n) is 9.43. The summed E-state index contributed by atoms with van der Waals surface area (Å²) < 4.78 is 15.9. The van der Waals surface area contributed by atoms with Crippen molar-refractivity contribution in [2.24, 2.45) is 0 Å². The molecule has 0 fully saturated rings. The minimum absolute atomic E-state index is 0.248. The summed E-state index contributed by atoms with van der Waals surface area (Å²) in [5.74, 6) is 0.861. The lowest BCUT2D eigenvalue weighted by molar-refractivity contribution is -0.137. The molecule has 2 aromatic carbocycles. The second kappa shape index (κ2) is 11.7. The molecule has 6 heteroatoms. The fourth-order valence-electron chi connectivity index (χ4n) is 2.61. The molecule has 0 atom stereocenters. The lowest BCUT2D eigenvalue weighted by Gasteiger charge is -2.09. The number of benzene rings is 2. The van der Waals surface area contributed by atoms with Crippen LogP contribution in [0.5, 0.6) is 11.5 Å². The van der Waals surface area contributed by atoms with Gasteiger partial charge in [-0.25, -0.2) is 4.79 Å². The summed E-state index contributed by atoms with van der Waals surface area (Å²) in [5, 5.41) is 19.3. The van der Waals surface area contributed by atoms with Crippen molar-refractivity contribution < 1.29 is 19.0 Å². The third-order valence-corrected chi connectivity index (χ3v) is 4.04. The summed E-state index contributed by atoms with van der Waals surface area (Å²) in [6.07, 6.45) is 1.66. The molecule has 6 nitrogen and oxygen atoms in total. The Labute approximate surface area is 176 Å². The summed E-state index contributed by atoms with van der Waals surface area (Å²) in [6, 6.07) is 18.3. The first kappa shape index (κ1) is 22.3. The van der Waals surface area contributed by atoms with E-state index in [1.807, 2.05) is 6.92 Å². The Kier molecular flexibility index (Phi) is 8.71. The average Bonchev–Trinajstić information content (AvgIpc) is 2.78. The SMILES string of the molecule is C=CC(=O)OCCCOc1ccc(C(C#N)=C(C#N)c2ccc(OCC)cc2)cc1. The Morgan fingerprint density at radius 1 is 0.900 bits per heavy atom. The molecular formula is C24H22N2O4. The van der Waals surface area contributed by atoms with Crippen LogP contribution in [0, 0.1) is 22.7 Å². The Balaban J connectivity index is 2.09. The summed E-state index contributed by atoms with van der Waals surface area (Å²) in [4.78, 5) is 11.0. The number of allylic oxidation sites excluding steroid dienone is 2. The molecule has 0 unspecified atom stereocenters. The molecular weight excluding hydrogens is 380 g/mol. The first-order chi connectivity index (χ1) is 14.6. The topological polar surface area (TPSA) is 92.3 Å². The third kappa shape index (κ3) is 6.25. The van der Waals surface area contributed by atoms with Gasteiger partial charge in [0.05, 0.1) is 31.0 Å². The van der Waals surface area contributed by atoms with E-state index < -0.39 is 5.97 Å². The summed E-state index contributed by atoms with van der Waals surface area (Å²) in [5.41, 5.74) is 1.84. The maximum absolute atomic E-state index is 11.0. The first-order valence-corrected chi connectivity index (χ1v) is 9.43. The number of rotatable bonds is 10. The lowest BCUT2D eigenvalue weighted by Crippen LogP contribution is -2.06. The van der Waals surface area contributed by atoms with E-state index in [-0.39, 0.29) is 12.2 Å². The molecule has 0 aliphatic heterocycles. The van der Waals surface area contributed by atoms with Crippen molar-refractivity contribution >= 4 is 17.1 Å². The van der Waals surface area contributed by atoms with Gasteiger partial charge in [0.1, 0.15) is 23.6 Å². The van der Waals surface area contributed by atoms with Gasteiger partial charge in [-0.05, 0) is 66.6 Å². The highest BCUT2D eigenvalue weighted by Crippen LogP contribution is 2.28. The number of nitrogens with zero attached hydrogens (tertiary/aromatic N) is 2. The van der Waals surface area contributed by atoms with Gasteiger partial charge in [-0.2, -0.15) is 10.5 Å². The normalized spacial score (nSPS) is 10.8. The third-order valence-electron chi connectivity index (χ3n) is 4.04. The standard InChI is InChI=1S/C24H22N2O4/c1-3-24(27)30-15-5-14-29-21-12-8-19(9-13-21)23(17-26)22(16-25)18-6-10-20(11-7-18)28-4-2/h3,6-13H,1,4-5,14-15H2,2H3. The second-order valence-corrected chi connectivity index (χ2v) is 6.03. The van der Waals surface area contributed by atoms with Crippen LogP contribution >= 0.6 is 0 Å². The van der Waals surface area contributed by atoms with Gasteiger partial charge in [-0.3, -0.25) is 0 Å². The van der Waals surface area contributed by atoms with Gasteiger partial charge in [0.15, 0.2) is 0 Å². The Morgan fingerprint density at radius 2 is 1.40 bits per heavy atom. The number of esters is 1. The van der Waals surface area contributed by atoms with Gasteiger partial charge in [-0.15, -0.1) is 0 Å². The molecule has 0 N–H and O–H groups in total. The molecule has 2 aromatic rings. The maximum atomic E-state index is 11.0. The molecule has 0 saturated carbocycles. The van der Waals surface area contributed by atoms with Gasteiger partial charge < -0.3 is 14.2 Å². The van der Waals surface area contributed by atoms with E-state index in [4.69, 9.17) is 14.2 Å². The van der Waals surface area contributed by atoms with E-state index in [2.05, 4.69) is 18.7 Å². The number of hydrogen-bond acceptors (Lipinski definition) is 6. The monoisotopic (exact) mass is 402 g/mol. The number of carbonyl (C=O) groups excluding carboxylic acids is 1. The Bertz CT molecular complexity index is 978. The van der Waals surface area contributed by atoms with Crippen LogP contribution in [-0.2, 0) is 9.53 Å². The number of ether oxygens (including phenoxy) is 3. The van der Waals surface area contributed by atoms with Crippen LogP contribution in [0.1, 0.15) is 24.5 Å². The fraction of sp³-hybridized carbons (Fsp3) is 0.208. The minimum Gasteiger partial charge on any atom is -0.494 e. The van der Waals surface area contributed by atoms with Gasteiger partial charge in [-0.1, -0.05) is 6.58 Å². The number of nitriles is 2. The highest BCUT2D eigenvalue weighted by atomic mass is 16.5. The molecule has 2 rings (SSSR count). The zero-order valence-corrected chi connectivity index (χ0v) is 16.8. The molecule has 0 aliphatic carbocycles. The van der Waals surface area contributed by atoms with Crippen molar-refractivity contribution in [3.05, 3.63) is 72.3 Å². The highest BCUT2D eigenvalue weighted by molar-refractivity contribution is 6.02. The number of carbonyl (C=O) groups is 1. The van der Waals surface area contributed by atoms with Crippen molar-refractivity contribution in [2.75, 3.05) is 19.8 Å². The predicted molar refractivity (Wildman–Crippen MR) is 113 cm³/mol. The van der Waals surface area contributed by atoms with Crippen molar-refractivity contribution in [2.45, 2.75) is 13.3 Å². The molecule has 0 saturated heterocycles. The molecule has 152 valence electrons. The van der Waals surface area contributed by atoms with Crippen LogP contribution in [0.2, 0.25) is 0 Å². The lowest BCUT2D eigenvalue weighted by atomic mass is 9.96. The Morgan fingerprint density at radius 3 is 1.83 bits per heavy atom. The second-order valence-electron chi connectivity index (χ2n) is 6.03. The summed E-state index contributed by atoms with van der Waals surface area (Å²) in [6.45, 7) is 6.40. The van der Waals surface area contributed by atoms with Gasteiger partial charge >= 0.3 is 5.97 Å². The van der Waals surface area contributed by atoms with E-state index in [9.17, 15) is 15.3 Å². The zero-order chi connectivity index (χ0) is 21.8. The number of hydrogen-bond donors (Lipinski definition) is 0. The van der Waals surface area contributed by atoms with Crippen LogP contribution < -0.4 is 9.47 Å². The molecule has 0 aromatic heterocycles. The maximum Gasteiger partial charge on any atom is 0.330 e. The zero-order valence-electron chi connectivity index (χ0n) is 16.8. The smallest absolute Gasteiger partial charge is 0.330 e. The van der Waals surface area contributed by atoms with Crippen LogP contribution in [-0.4, -0.2) is 25.8 Å². The molecule has 0 radical (unpaired) electrons. The summed E-state index contributed by atoms with van der Waals surface area (Å²) in [7, 11) is 0. The van der Waals surface area contributed by atoms with Crippen molar-refractivity contribution in [3.8, 4) is 23.6 Å². The van der Waals surface area contributed by atoms with E-state index in [0.29, 0.717) is 47.8 Å². The molecule has 0 amide bonds. The molecule has 0 heterocycles. The largest absolute Gasteiger partial charge is 0.494 e. The minimum atomic E-state index is -0.462.